The molecule has 0 unspecified atom stereocenters. The number of carboxylic acid groups (broad SMARTS) is 3. The first-order chi connectivity index (χ1) is 50.4. The molecule has 0 aromatic carbocycles. The number of aliphatic imine (C=N–C) groups is 6. The molecule has 0 bridgehead atoms. The first-order valence-corrected chi connectivity index (χ1v) is 33.1. The van der Waals surface area contributed by atoms with Gasteiger partial charge in [-0.15, -0.1) is 0 Å². The van der Waals surface area contributed by atoms with Crippen LogP contribution in [0.5, 0.6) is 0 Å². The van der Waals surface area contributed by atoms with Gasteiger partial charge in [0.2, 0.25) is 47.3 Å². The van der Waals surface area contributed by atoms with Crippen molar-refractivity contribution in [1.29, 1.82) is 0 Å². The minimum atomic E-state index is -2.13. The fourth-order valence-corrected chi connectivity index (χ4v) is 10.1. The normalized spacial score (nSPS) is 16.9. The zero-order chi connectivity index (χ0) is 80.2. The molecule has 1 saturated heterocycles. The summed E-state index contributed by atoms with van der Waals surface area (Å²) in [6, 6.07) is -15.2. The summed E-state index contributed by atoms with van der Waals surface area (Å²) in [5.41, 5.74) is 72.0. The Hall–Kier alpha value is -12.5. The van der Waals surface area contributed by atoms with Gasteiger partial charge in [-0.3, -0.25) is 77.7 Å². The number of guanidine groups is 6. The predicted octanol–water partition coefficient (Wildman–Crippen LogP) is -13.2. The fourth-order valence-electron chi connectivity index (χ4n) is 10.1. The molecule has 2 aromatic rings. The highest BCUT2D eigenvalue weighted by atomic mass is 16.6. The second-order valence-electron chi connectivity index (χ2n) is 24.0. The summed E-state index contributed by atoms with van der Waals surface area (Å²) in [4.78, 5) is 198. The number of aromatic nitrogens is 4. The number of hydrogen-bond acceptors (Lipinski definition) is 25. The van der Waals surface area contributed by atoms with Gasteiger partial charge in [-0.05, 0) is 84.0 Å². The Morgan fingerprint density at radius 2 is 0.729 bits per heavy atom. The van der Waals surface area contributed by atoms with Crippen LogP contribution in [0.3, 0.4) is 0 Å². The average Bonchev–Trinajstić information content (AvgIpc) is 1.62. The molecule has 40 N–H and O–H groups in total. The number of carbonyl (C=O) groups excluding carboxylic acids is 9. The number of nitrogens with zero attached hydrogens (tertiary/aromatic N) is 10. The van der Waals surface area contributed by atoms with Crippen LogP contribution in [0, 0.1) is 0 Å². The molecule has 50 nitrogen and oxygen atoms in total. The van der Waals surface area contributed by atoms with Crippen LogP contribution in [0.2, 0.25) is 0 Å². The van der Waals surface area contributed by atoms with Gasteiger partial charge in [-0.25, -0.2) is 29.3 Å². The van der Waals surface area contributed by atoms with Gasteiger partial charge in [0.15, 0.2) is 59.6 Å². The van der Waals surface area contributed by atoms with Crippen LogP contribution >= 0.6 is 0 Å². The van der Waals surface area contributed by atoms with Gasteiger partial charge in [0.25, 0.3) is 5.91 Å². The van der Waals surface area contributed by atoms with Gasteiger partial charge in [-0.1, -0.05) is 0 Å². The smallest absolute Gasteiger partial charge is 0.326 e. The molecule has 0 spiro atoms. The zero-order valence-electron chi connectivity index (χ0n) is 58.3. The molecule has 2 aromatic heterocycles. The van der Waals surface area contributed by atoms with Crippen molar-refractivity contribution >= 4 is 124 Å². The maximum Gasteiger partial charge on any atom is 0.326 e. The first-order valence-electron chi connectivity index (χ1n) is 33.1. The summed E-state index contributed by atoms with van der Waals surface area (Å²) in [6.07, 6.45) is -8.68. The molecule has 594 valence electrons. The Bertz CT molecular complexity index is 3590. The summed E-state index contributed by atoms with van der Waals surface area (Å²) >= 11 is 0. The molecule has 9 amide bonds. The lowest BCUT2D eigenvalue weighted by atomic mass is 10.0. The van der Waals surface area contributed by atoms with Gasteiger partial charge in [-0.2, -0.15) is 0 Å². The number of nitrogens with one attached hydrogen (secondary N) is 9. The minimum Gasteiger partial charge on any atom is -0.480 e. The number of nitrogen functional groups attached to an aromatic ring is 1. The third kappa shape index (κ3) is 32.0. The van der Waals surface area contributed by atoms with Gasteiger partial charge in [0.1, 0.15) is 78.4 Å². The topological polar surface area (TPSA) is 880 Å². The number of amides is 9. The van der Waals surface area contributed by atoms with E-state index in [0.717, 1.165) is 24.1 Å². The molecule has 50 heteroatoms. The van der Waals surface area contributed by atoms with Crippen LogP contribution in [0.4, 0.5) is 5.82 Å². The molecule has 1 aliphatic heterocycles. The van der Waals surface area contributed by atoms with E-state index in [0.29, 0.717) is 0 Å². The van der Waals surface area contributed by atoms with E-state index in [4.69, 9.17) is 79.3 Å². The first kappa shape index (κ1) is 88.7. The quantitative estimate of drug-likeness (QED) is 0.0166. The van der Waals surface area contributed by atoms with E-state index in [1.165, 1.54) is 0 Å². The van der Waals surface area contributed by atoms with Crippen LogP contribution in [-0.2, 0) is 62.3 Å². The van der Waals surface area contributed by atoms with Crippen LogP contribution in [0.1, 0.15) is 103 Å². The molecule has 1 aliphatic rings. The Labute approximate surface area is 609 Å². The summed E-state index contributed by atoms with van der Waals surface area (Å²) in [5, 5.41) is 72.8. The Balaban J connectivity index is 1.90. The minimum absolute atomic E-state index is 0.00713. The summed E-state index contributed by atoms with van der Waals surface area (Å²) in [6.45, 7) is 0.655. The largest absolute Gasteiger partial charge is 0.480 e. The summed E-state index contributed by atoms with van der Waals surface area (Å²) < 4.78 is 6.71. The van der Waals surface area contributed by atoms with Crippen molar-refractivity contribution < 1.29 is 87.8 Å². The Kier molecular flexibility index (Phi) is 37.2. The SMILES string of the molecule is C[C@H](NC(=O)C[C@H](NC(=O)C[C@H](NC(=O)[C@H]1O[C@@H](n2cnc3c(N)ncnc32)[C@H](O)[C@@H]1O)C(=O)O)C(=O)O)C(=O)N[C@@H](CCCN=C(N)N)C(=O)N[C@@H](CCCN=C(N)N)C(=O)N[C@@H](CCCN=C(N)N)C(=O)N[C@@H](CCCN=C(N)N)C(=O)N[C@@H](CCCN=C(N)N)C(=O)N[C@@H](CCCN=C(N)N)C(=O)O. The molecule has 1 fully saturated rings. The Morgan fingerprint density at radius 3 is 1.07 bits per heavy atom. The van der Waals surface area contributed by atoms with Crippen LogP contribution in [-0.4, -0.2) is 264 Å². The number of carboxylic acids is 3. The number of rotatable bonds is 48. The number of aliphatic carboxylic acids is 3. The number of anilines is 1. The lowest BCUT2D eigenvalue weighted by Gasteiger charge is -2.28. The molecule has 0 saturated carbocycles. The molecule has 0 radical (unpaired) electrons. The van der Waals surface area contributed by atoms with Crippen molar-refractivity contribution in [1.82, 2.24) is 67.4 Å². The number of aliphatic hydroxyl groups is 2. The number of carbonyl (C=O) groups is 12. The molecule has 0 aliphatic carbocycles. The Morgan fingerprint density at radius 1 is 0.421 bits per heavy atom. The van der Waals surface area contributed by atoms with Gasteiger partial charge in [0, 0.05) is 39.3 Å². The number of aliphatic hydroxyl groups excluding tert-OH is 2. The number of hydrogen-bond donors (Lipinski definition) is 27. The van der Waals surface area contributed by atoms with Crippen LogP contribution in [0.25, 0.3) is 11.2 Å². The number of ether oxygens (including phenoxy) is 1. The third-order valence-corrected chi connectivity index (χ3v) is 15.4. The molecule has 3 heterocycles. The number of nitrogens with two attached hydrogens (primary N) is 13. The standard InChI is InChI=1S/C57H98N32O18/c1-24(80-33(90)20-31(50(103)104)81-34(91)21-32(51(105)106)88-47(100)38-36(92)37(93)48(107-38)89-23-79-35-39(58)77-22-78-40(35)89)41(94)82-25(8-2-14-71-52(59)60)42(95)83-26(9-3-15-72-53(61)62)43(96)84-27(10-4-16-73-54(63)64)44(97)85-28(11-5-17-74-55(65)66)45(98)86-29(12-6-18-75-56(67)68)46(99)87-30(49(101)102)13-7-19-76-57(69)70/h22-32,36-38,48,92-93H,2-21H2,1H3,(H,80,90)(H,81,91)(H,82,94)(H,83,95)(H,84,96)(H,85,97)(H,86,98)(H,87,99)(H,88,100)(H,101,102)(H,103,104)(H,105,106)(H2,58,77,78)(H4,59,60,71)(H4,61,62,72)(H4,63,64,73)(H4,65,66,74)(H4,67,68,75)(H4,69,70,76)/t24-,25-,26-,27-,28-,29-,30-,31-,32-,36-,37+,38-,48+/m0/s1. The van der Waals surface area contributed by atoms with E-state index >= 15 is 0 Å². The van der Waals surface area contributed by atoms with Crippen molar-refractivity contribution in [2.75, 3.05) is 45.0 Å². The third-order valence-electron chi connectivity index (χ3n) is 15.4. The molecule has 107 heavy (non-hydrogen) atoms. The van der Waals surface area contributed by atoms with Crippen LogP contribution in [0.15, 0.2) is 42.6 Å². The highest BCUT2D eigenvalue weighted by molar-refractivity contribution is 5.98. The molecular formula is C57H98N32O18. The fraction of sp³-hybridized carbons (Fsp3) is 0.596. The second-order valence-corrected chi connectivity index (χ2v) is 24.0. The van der Waals surface area contributed by atoms with Crippen molar-refractivity contribution in [2.24, 2.45) is 98.8 Å². The number of imidazole rings is 1. The van der Waals surface area contributed by atoms with Crippen molar-refractivity contribution in [3.63, 3.8) is 0 Å². The summed E-state index contributed by atoms with van der Waals surface area (Å²) in [7, 11) is 0. The maximum atomic E-state index is 14.7. The number of fused-ring (bicyclic) bond motifs is 1. The van der Waals surface area contributed by atoms with E-state index in [1.807, 2.05) is 10.6 Å². The van der Waals surface area contributed by atoms with E-state index in [9.17, 15) is 83.1 Å². The lowest BCUT2D eigenvalue weighted by molar-refractivity contribution is -0.148. The second kappa shape index (κ2) is 44.9. The molecule has 13 atom stereocenters. The molecular weight excluding hydrogens is 1420 g/mol. The predicted molar refractivity (Wildman–Crippen MR) is 380 cm³/mol. The van der Waals surface area contributed by atoms with Crippen molar-refractivity contribution in [3.05, 3.63) is 12.7 Å². The van der Waals surface area contributed by atoms with Gasteiger partial charge in [0.05, 0.1) is 19.2 Å². The monoisotopic (exact) mass is 1520 g/mol. The average molecular weight is 1520 g/mol. The van der Waals surface area contributed by atoms with Gasteiger partial charge < -0.3 is 153 Å². The summed E-state index contributed by atoms with van der Waals surface area (Å²) in [5.74, 6) is -17.1. The van der Waals surface area contributed by atoms with E-state index in [1.54, 1.807) is 0 Å². The van der Waals surface area contributed by atoms with E-state index in [2.05, 4.69) is 82.1 Å². The van der Waals surface area contributed by atoms with Crippen LogP contribution < -0.4 is 122 Å². The highest BCUT2D eigenvalue weighted by Crippen LogP contribution is 2.32. The zero-order valence-corrected chi connectivity index (χ0v) is 58.3. The lowest BCUT2D eigenvalue weighted by Crippen LogP contribution is -2.60. The van der Waals surface area contributed by atoms with Crippen molar-refractivity contribution in [3.8, 4) is 0 Å². The van der Waals surface area contributed by atoms with E-state index in [-0.39, 0.29) is 169 Å². The molecule has 3 rings (SSSR count). The highest BCUT2D eigenvalue weighted by Gasteiger charge is 2.49. The van der Waals surface area contributed by atoms with Crippen molar-refractivity contribution in [2.45, 2.75) is 176 Å². The van der Waals surface area contributed by atoms with Gasteiger partial charge >= 0.3 is 17.9 Å². The maximum absolute atomic E-state index is 14.7. The van der Waals surface area contributed by atoms with E-state index < -0.39 is 163 Å².